The minimum absolute atomic E-state index is 0.256. The number of nitrogens with one attached hydrogen (secondary N) is 1. The van der Waals surface area contributed by atoms with Gasteiger partial charge in [-0.2, -0.15) is 0 Å². The molecule has 4 rings (SSSR count). The first-order valence-corrected chi connectivity index (χ1v) is 9.70. The van der Waals surface area contributed by atoms with Gasteiger partial charge in [-0.3, -0.25) is 4.79 Å². The predicted molar refractivity (Wildman–Crippen MR) is 93.0 cm³/mol. The largest absolute Gasteiger partial charge is 0.453 e. The van der Waals surface area contributed by atoms with Crippen LogP contribution in [0, 0.1) is 5.92 Å². The van der Waals surface area contributed by atoms with E-state index in [-0.39, 0.29) is 5.91 Å². The molecule has 3 fully saturated rings. The van der Waals surface area contributed by atoms with Crippen LogP contribution in [0.25, 0.3) is 0 Å². The van der Waals surface area contributed by atoms with Crippen molar-refractivity contribution < 1.29 is 19.4 Å². The van der Waals surface area contributed by atoms with Crippen molar-refractivity contribution in [2.45, 2.75) is 69.1 Å². The first kappa shape index (κ1) is 17.1. The molecule has 5 nitrogen and oxygen atoms in total. The molecule has 2 saturated heterocycles. The smallest absolute Gasteiger partial charge is 0.339 e. The van der Waals surface area contributed by atoms with Gasteiger partial charge in [-0.1, -0.05) is 6.08 Å². The molecule has 4 atom stereocenters. The Morgan fingerprint density at radius 1 is 1.36 bits per heavy atom. The maximum atomic E-state index is 12.5. The Balaban J connectivity index is 1.75. The van der Waals surface area contributed by atoms with E-state index in [4.69, 9.17) is 16.3 Å². The Bertz CT molecular complexity index is 700. The summed E-state index contributed by atoms with van der Waals surface area (Å²) in [4.78, 5) is 25.0. The van der Waals surface area contributed by atoms with Crippen LogP contribution in [0.15, 0.2) is 22.8 Å². The lowest BCUT2D eigenvalue weighted by molar-refractivity contribution is -0.232. The molecular weight excluding hydrogens is 342 g/mol. The molecule has 0 aromatic heterocycles. The van der Waals surface area contributed by atoms with Crippen LogP contribution in [-0.2, 0) is 14.3 Å². The quantitative estimate of drug-likeness (QED) is 0.592. The van der Waals surface area contributed by atoms with Crippen LogP contribution in [0.4, 0.5) is 0 Å². The number of hydrogen-bond donors (Lipinski definition) is 2. The molecule has 2 aliphatic heterocycles. The number of halogens is 1. The monoisotopic (exact) mass is 365 g/mol. The molecule has 136 valence electrons. The molecule has 0 aromatic rings. The van der Waals surface area contributed by atoms with Gasteiger partial charge in [0.1, 0.15) is 6.10 Å². The highest BCUT2D eigenvalue weighted by molar-refractivity contribution is 6.18. The standard InChI is InChI=1S/C19H24ClNO4/c1-18-14(9-10-20)16(23)21-19(18,17(24)25-18)15(22)13-8-4-6-11-5-2-3-7-12(11)13/h6,14-15,22H,2-5,7-10H2,1H3,(H,21,23)/t14-,15-,18?,19?/m0/s1. The fraction of sp³-hybridized carbons (Fsp3) is 0.684. The highest BCUT2D eigenvalue weighted by atomic mass is 35.5. The van der Waals surface area contributed by atoms with Crippen LogP contribution in [0.2, 0.25) is 0 Å². The lowest BCUT2D eigenvalue weighted by Gasteiger charge is -2.54. The van der Waals surface area contributed by atoms with Crippen molar-refractivity contribution >= 4 is 23.5 Å². The van der Waals surface area contributed by atoms with E-state index >= 15 is 0 Å². The molecule has 1 saturated carbocycles. The van der Waals surface area contributed by atoms with Gasteiger partial charge in [0.05, 0.1) is 5.92 Å². The first-order valence-electron chi connectivity index (χ1n) is 9.16. The Morgan fingerprint density at radius 2 is 2.12 bits per heavy atom. The zero-order valence-corrected chi connectivity index (χ0v) is 15.2. The van der Waals surface area contributed by atoms with Gasteiger partial charge >= 0.3 is 5.97 Å². The minimum Gasteiger partial charge on any atom is -0.453 e. The van der Waals surface area contributed by atoms with Crippen LogP contribution in [-0.4, -0.2) is 40.1 Å². The zero-order valence-electron chi connectivity index (χ0n) is 14.4. The highest BCUT2D eigenvalue weighted by Gasteiger charge is 2.79. The predicted octanol–water partition coefficient (Wildman–Crippen LogP) is 2.37. The second-order valence-corrected chi connectivity index (χ2v) is 8.08. The third-order valence-electron chi connectivity index (χ3n) is 6.55. The molecule has 2 heterocycles. The third kappa shape index (κ3) is 2.12. The van der Waals surface area contributed by atoms with Crippen molar-refractivity contribution in [2.24, 2.45) is 5.92 Å². The summed E-state index contributed by atoms with van der Waals surface area (Å²) < 4.78 is 5.46. The van der Waals surface area contributed by atoms with Crippen LogP contribution in [0.5, 0.6) is 0 Å². The van der Waals surface area contributed by atoms with Crippen LogP contribution in [0.3, 0.4) is 0 Å². The van der Waals surface area contributed by atoms with Crippen molar-refractivity contribution in [3.63, 3.8) is 0 Å². The van der Waals surface area contributed by atoms with E-state index < -0.39 is 29.1 Å². The van der Waals surface area contributed by atoms with Gasteiger partial charge in [0.15, 0.2) is 5.60 Å². The third-order valence-corrected chi connectivity index (χ3v) is 6.77. The number of hydrogen-bond acceptors (Lipinski definition) is 4. The summed E-state index contributed by atoms with van der Waals surface area (Å²) in [5.41, 5.74) is 0.990. The second kappa shape index (κ2) is 5.85. The van der Waals surface area contributed by atoms with Gasteiger partial charge < -0.3 is 15.2 Å². The fourth-order valence-corrected chi connectivity index (χ4v) is 5.38. The van der Waals surface area contributed by atoms with Gasteiger partial charge in [-0.05, 0) is 68.6 Å². The van der Waals surface area contributed by atoms with E-state index in [9.17, 15) is 14.7 Å². The van der Waals surface area contributed by atoms with Gasteiger partial charge in [0.2, 0.25) is 11.4 Å². The Kier molecular flexibility index (Phi) is 4.00. The lowest BCUT2D eigenvalue weighted by atomic mass is 9.64. The minimum atomic E-state index is -1.37. The van der Waals surface area contributed by atoms with Gasteiger partial charge in [-0.25, -0.2) is 4.79 Å². The number of carbonyl (C=O) groups is 2. The average molecular weight is 366 g/mol. The number of aliphatic hydroxyl groups excluding tert-OH is 1. The molecule has 6 heteroatoms. The van der Waals surface area contributed by atoms with Crippen LogP contribution >= 0.6 is 11.6 Å². The number of esters is 1. The number of amides is 1. The molecule has 2 N–H and O–H groups in total. The van der Waals surface area contributed by atoms with E-state index in [1.165, 1.54) is 11.1 Å². The zero-order chi connectivity index (χ0) is 17.8. The van der Waals surface area contributed by atoms with Crippen LogP contribution < -0.4 is 5.32 Å². The number of allylic oxidation sites excluding steroid dienone is 3. The molecular formula is C19H24ClNO4. The summed E-state index contributed by atoms with van der Waals surface area (Å²) in [5, 5.41) is 14.1. The molecule has 0 spiro atoms. The number of aliphatic hydroxyl groups is 1. The fourth-order valence-electron chi connectivity index (χ4n) is 5.17. The van der Waals surface area contributed by atoms with Crippen molar-refractivity contribution in [3.8, 4) is 0 Å². The molecule has 1 amide bonds. The number of carbonyl (C=O) groups excluding carboxylic acids is 2. The van der Waals surface area contributed by atoms with E-state index in [1.54, 1.807) is 6.92 Å². The summed E-state index contributed by atoms with van der Waals surface area (Å²) in [6.45, 7) is 1.75. The summed E-state index contributed by atoms with van der Waals surface area (Å²) >= 11 is 5.85. The molecule has 0 aromatic carbocycles. The maximum absolute atomic E-state index is 12.5. The van der Waals surface area contributed by atoms with Gasteiger partial charge in [-0.15, -0.1) is 11.6 Å². The summed E-state index contributed by atoms with van der Waals surface area (Å²) in [7, 11) is 0. The lowest BCUT2D eigenvalue weighted by Crippen LogP contribution is -2.79. The van der Waals surface area contributed by atoms with E-state index in [0.29, 0.717) is 12.3 Å². The highest BCUT2D eigenvalue weighted by Crippen LogP contribution is 2.54. The molecule has 2 unspecified atom stereocenters. The normalized spacial score (nSPS) is 38.2. The average Bonchev–Trinajstić information content (AvgIpc) is 2.79. The van der Waals surface area contributed by atoms with Gasteiger partial charge in [0.25, 0.3) is 0 Å². The van der Waals surface area contributed by atoms with E-state index in [0.717, 1.165) is 44.1 Å². The Hall–Kier alpha value is -1.33. The summed E-state index contributed by atoms with van der Waals surface area (Å²) in [6.07, 6.45) is 7.44. The first-order chi connectivity index (χ1) is 12.0. The SMILES string of the molecule is CC12OC(=O)C1([C@@H](O)C1=C3CCCCC3=CCC1)NC(=O)[C@@H]2CCCl. The Morgan fingerprint density at radius 3 is 2.84 bits per heavy atom. The van der Waals surface area contributed by atoms with Gasteiger partial charge in [0, 0.05) is 5.88 Å². The van der Waals surface area contributed by atoms with Crippen LogP contribution in [0.1, 0.15) is 51.9 Å². The van der Waals surface area contributed by atoms with Crippen molar-refractivity contribution in [1.29, 1.82) is 0 Å². The topological polar surface area (TPSA) is 75.6 Å². The number of alkyl halides is 1. The number of rotatable bonds is 4. The molecule has 0 radical (unpaired) electrons. The molecule has 25 heavy (non-hydrogen) atoms. The summed E-state index contributed by atoms with van der Waals surface area (Å²) in [5.74, 6) is -1.01. The Labute approximate surface area is 152 Å². The maximum Gasteiger partial charge on any atom is 0.339 e. The van der Waals surface area contributed by atoms with E-state index in [2.05, 4.69) is 11.4 Å². The number of ether oxygens (including phenoxy) is 1. The summed E-state index contributed by atoms with van der Waals surface area (Å²) in [6, 6.07) is 0. The van der Waals surface area contributed by atoms with Crippen molar-refractivity contribution in [1.82, 2.24) is 5.32 Å². The molecule has 2 aliphatic carbocycles. The van der Waals surface area contributed by atoms with E-state index in [1.807, 2.05) is 0 Å². The van der Waals surface area contributed by atoms with Crippen molar-refractivity contribution in [2.75, 3.05) is 5.88 Å². The second-order valence-electron chi connectivity index (χ2n) is 7.71. The van der Waals surface area contributed by atoms with Crippen molar-refractivity contribution in [3.05, 3.63) is 22.8 Å². The number of fused-ring (bicyclic) bond motifs is 2. The molecule has 4 aliphatic rings. The molecule has 0 bridgehead atoms.